The zero-order valence-electron chi connectivity index (χ0n) is 9.04. The summed E-state index contributed by atoms with van der Waals surface area (Å²) >= 11 is 0. The average Bonchev–Trinajstić information content (AvgIpc) is 2.28. The Kier molecular flexibility index (Phi) is 3.77. The molecule has 0 aromatic heterocycles. The predicted molar refractivity (Wildman–Crippen MR) is 61.6 cm³/mol. The molecule has 0 unspecified atom stereocenters. The van der Waals surface area contributed by atoms with Gasteiger partial charge in [-0.1, -0.05) is 17.3 Å². The first-order chi connectivity index (χ1) is 7.56. The maximum absolute atomic E-state index is 10.7. The summed E-state index contributed by atoms with van der Waals surface area (Å²) in [5.41, 5.74) is 1.63. The zero-order chi connectivity index (χ0) is 12.1. The van der Waals surface area contributed by atoms with E-state index in [0.29, 0.717) is 16.8 Å². The van der Waals surface area contributed by atoms with Crippen LogP contribution in [0.1, 0.15) is 19.4 Å². The van der Waals surface area contributed by atoms with Crippen molar-refractivity contribution in [1.29, 1.82) is 0 Å². The Bertz CT molecular complexity index is 464. The van der Waals surface area contributed by atoms with Crippen LogP contribution in [-0.2, 0) is 0 Å². The third-order valence-electron chi connectivity index (χ3n) is 2.23. The summed E-state index contributed by atoms with van der Waals surface area (Å²) in [6, 6.07) is 6.41. The molecule has 1 aromatic rings. The van der Waals surface area contributed by atoms with Crippen LogP contribution in [0.15, 0.2) is 35.0 Å². The van der Waals surface area contributed by atoms with Crippen LogP contribution in [0.3, 0.4) is 0 Å². The van der Waals surface area contributed by atoms with Gasteiger partial charge in [-0.05, 0) is 31.6 Å². The molecule has 0 saturated carbocycles. The fraction of sp³-hybridized carbons (Fsp3) is 0.182. The molecule has 0 saturated heterocycles. The number of nitro benzene ring substituents is 1. The molecule has 0 aliphatic carbocycles. The van der Waals surface area contributed by atoms with E-state index < -0.39 is 4.92 Å². The molecule has 0 amide bonds. The molecule has 0 bridgehead atoms. The van der Waals surface area contributed by atoms with Crippen LogP contribution in [0.2, 0.25) is 0 Å². The highest BCUT2D eigenvalue weighted by atomic mass is 16.6. The number of hydrogen-bond acceptors (Lipinski definition) is 4. The number of hydrogen-bond donors (Lipinski definition) is 1. The second kappa shape index (κ2) is 5.06. The van der Waals surface area contributed by atoms with Gasteiger partial charge in [-0.3, -0.25) is 10.1 Å². The Labute approximate surface area is 92.9 Å². The quantitative estimate of drug-likeness (QED) is 0.368. The zero-order valence-corrected chi connectivity index (χ0v) is 9.04. The van der Waals surface area contributed by atoms with Gasteiger partial charge in [0.2, 0.25) is 0 Å². The SMILES string of the molecule is CC(=C\c1ccccc1[N+](=O)[O-])/C(C)=N/O. The molecule has 0 aliphatic heterocycles. The van der Waals surface area contributed by atoms with Crippen LogP contribution in [0.25, 0.3) is 6.08 Å². The van der Waals surface area contributed by atoms with E-state index in [-0.39, 0.29) is 5.69 Å². The van der Waals surface area contributed by atoms with Crippen molar-refractivity contribution in [2.45, 2.75) is 13.8 Å². The van der Waals surface area contributed by atoms with Gasteiger partial charge in [0.1, 0.15) is 0 Å². The maximum Gasteiger partial charge on any atom is 0.276 e. The predicted octanol–water partition coefficient (Wildman–Crippen LogP) is 2.85. The molecule has 0 atom stereocenters. The third kappa shape index (κ3) is 2.66. The van der Waals surface area contributed by atoms with Crippen molar-refractivity contribution < 1.29 is 10.1 Å². The topological polar surface area (TPSA) is 75.7 Å². The summed E-state index contributed by atoms with van der Waals surface area (Å²) in [5.74, 6) is 0. The summed E-state index contributed by atoms with van der Waals surface area (Å²) in [6.45, 7) is 3.35. The van der Waals surface area contributed by atoms with Gasteiger partial charge < -0.3 is 5.21 Å². The van der Waals surface area contributed by atoms with E-state index in [1.807, 2.05) is 0 Å². The Morgan fingerprint density at radius 1 is 1.44 bits per heavy atom. The molecule has 1 rings (SSSR count). The van der Waals surface area contributed by atoms with Crippen molar-refractivity contribution in [3.8, 4) is 0 Å². The normalized spacial score (nSPS) is 12.6. The highest BCUT2D eigenvalue weighted by molar-refractivity contribution is 6.01. The minimum Gasteiger partial charge on any atom is -0.411 e. The van der Waals surface area contributed by atoms with E-state index in [2.05, 4.69) is 5.16 Å². The van der Waals surface area contributed by atoms with Crippen LogP contribution in [0.5, 0.6) is 0 Å². The second-order valence-corrected chi connectivity index (χ2v) is 3.33. The third-order valence-corrected chi connectivity index (χ3v) is 2.23. The van der Waals surface area contributed by atoms with Crippen molar-refractivity contribution >= 4 is 17.5 Å². The molecule has 5 heteroatoms. The van der Waals surface area contributed by atoms with Gasteiger partial charge in [-0.2, -0.15) is 0 Å². The van der Waals surface area contributed by atoms with Crippen LogP contribution in [0.4, 0.5) is 5.69 Å². The molecular weight excluding hydrogens is 208 g/mol. The molecule has 1 N–H and O–H groups in total. The second-order valence-electron chi connectivity index (χ2n) is 3.33. The smallest absolute Gasteiger partial charge is 0.276 e. The molecule has 0 spiro atoms. The number of para-hydroxylation sites is 1. The lowest BCUT2D eigenvalue weighted by atomic mass is 10.1. The molecule has 1 aromatic carbocycles. The number of allylic oxidation sites excluding steroid dienone is 1. The van der Waals surface area contributed by atoms with Crippen LogP contribution in [0, 0.1) is 10.1 Å². The van der Waals surface area contributed by atoms with Crippen LogP contribution in [-0.4, -0.2) is 15.8 Å². The van der Waals surface area contributed by atoms with E-state index in [4.69, 9.17) is 5.21 Å². The van der Waals surface area contributed by atoms with Crippen molar-refractivity contribution in [3.05, 3.63) is 45.5 Å². The van der Waals surface area contributed by atoms with Crippen molar-refractivity contribution in [2.24, 2.45) is 5.16 Å². The molecule has 0 aliphatic rings. The first-order valence-electron chi connectivity index (χ1n) is 4.67. The Morgan fingerprint density at radius 2 is 2.06 bits per heavy atom. The molecule has 16 heavy (non-hydrogen) atoms. The van der Waals surface area contributed by atoms with E-state index in [1.165, 1.54) is 6.07 Å². The maximum atomic E-state index is 10.7. The Balaban J connectivity index is 3.20. The van der Waals surface area contributed by atoms with Crippen molar-refractivity contribution in [2.75, 3.05) is 0 Å². The number of rotatable bonds is 3. The largest absolute Gasteiger partial charge is 0.411 e. The van der Waals surface area contributed by atoms with Gasteiger partial charge in [-0.25, -0.2) is 0 Å². The molecule has 5 nitrogen and oxygen atoms in total. The van der Waals surface area contributed by atoms with E-state index in [0.717, 1.165) is 0 Å². The first-order valence-corrected chi connectivity index (χ1v) is 4.67. The minimum atomic E-state index is -0.440. The van der Waals surface area contributed by atoms with Crippen molar-refractivity contribution in [3.63, 3.8) is 0 Å². The lowest BCUT2D eigenvalue weighted by molar-refractivity contribution is -0.385. The number of oxime groups is 1. The highest BCUT2D eigenvalue weighted by Crippen LogP contribution is 2.20. The summed E-state index contributed by atoms with van der Waals surface area (Å²) in [7, 11) is 0. The lowest BCUT2D eigenvalue weighted by Gasteiger charge is -2.00. The fourth-order valence-corrected chi connectivity index (χ4v) is 1.19. The van der Waals surface area contributed by atoms with Gasteiger partial charge in [0.25, 0.3) is 5.69 Å². The summed E-state index contributed by atoms with van der Waals surface area (Å²) in [5, 5.41) is 22.4. The Morgan fingerprint density at radius 3 is 2.62 bits per heavy atom. The van der Waals surface area contributed by atoms with E-state index >= 15 is 0 Å². The molecule has 0 radical (unpaired) electrons. The van der Waals surface area contributed by atoms with Crippen LogP contribution < -0.4 is 0 Å². The standard InChI is InChI=1S/C11H12N2O3/c1-8(9(2)12-14)7-10-5-3-4-6-11(10)13(15)16/h3-7,14H,1-2H3/b8-7+,12-9+. The van der Waals surface area contributed by atoms with E-state index in [9.17, 15) is 10.1 Å². The highest BCUT2D eigenvalue weighted by Gasteiger charge is 2.10. The monoisotopic (exact) mass is 220 g/mol. The van der Waals surface area contributed by atoms with E-state index in [1.54, 1.807) is 38.1 Å². The van der Waals surface area contributed by atoms with Gasteiger partial charge in [0, 0.05) is 6.07 Å². The number of benzene rings is 1. The lowest BCUT2D eigenvalue weighted by Crippen LogP contribution is -1.95. The van der Waals surface area contributed by atoms with Crippen LogP contribution >= 0.6 is 0 Å². The minimum absolute atomic E-state index is 0.0348. The van der Waals surface area contributed by atoms with Gasteiger partial charge in [0.05, 0.1) is 16.2 Å². The van der Waals surface area contributed by atoms with Gasteiger partial charge in [-0.15, -0.1) is 0 Å². The van der Waals surface area contributed by atoms with Gasteiger partial charge in [0.15, 0.2) is 0 Å². The summed E-state index contributed by atoms with van der Waals surface area (Å²) in [4.78, 5) is 10.3. The Hall–Kier alpha value is -2.17. The summed E-state index contributed by atoms with van der Waals surface area (Å²) < 4.78 is 0. The molecule has 84 valence electrons. The molecule has 0 fully saturated rings. The number of nitrogens with zero attached hydrogens (tertiary/aromatic N) is 2. The van der Waals surface area contributed by atoms with Gasteiger partial charge >= 0.3 is 0 Å². The average molecular weight is 220 g/mol. The fourth-order valence-electron chi connectivity index (χ4n) is 1.19. The number of nitro groups is 1. The summed E-state index contributed by atoms with van der Waals surface area (Å²) in [6.07, 6.45) is 1.62. The molecule has 0 heterocycles. The molecular formula is C11H12N2O3. The first kappa shape index (κ1) is 11.9. The van der Waals surface area contributed by atoms with Crippen molar-refractivity contribution in [1.82, 2.24) is 0 Å².